The van der Waals surface area contributed by atoms with Crippen LogP contribution in [0.3, 0.4) is 0 Å². The molecule has 0 aromatic carbocycles. The Morgan fingerprint density at radius 2 is 2.09 bits per heavy atom. The fourth-order valence-corrected chi connectivity index (χ4v) is 2.22. The van der Waals surface area contributed by atoms with Crippen molar-refractivity contribution in [3.63, 3.8) is 0 Å². The molecular formula is C9H12O2. The van der Waals surface area contributed by atoms with Crippen LogP contribution < -0.4 is 0 Å². The molecule has 1 unspecified atom stereocenters. The molecule has 1 spiro atoms. The number of allylic oxidation sites excluding steroid dienone is 1. The molecule has 11 heavy (non-hydrogen) atoms. The summed E-state index contributed by atoms with van der Waals surface area (Å²) >= 11 is 0. The highest BCUT2D eigenvalue weighted by atomic mass is 16.3. The molecule has 0 amide bonds. The average Bonchev–Trinajstić information content (AvgIpc) is 2.56. The number of aliphatic hydroxyl groups is 1. The number of rotatable bonds is 0. The molecule has 1 atom stereocenters. The van der Waals surface area contributed by atoms with Gasteiger partial charge in [0.2, 0.25) is 0 Å². The van der Waals surface area contributed by atoms with E-state index < -0.39 is 6.10 Å². The molecule has 0 aliphatic heterocycles. The number of aliphatic hydroxyl groups excluding tert-OH is 1. The summed E-state index contributed by atoms with van der Waals surface area (Å²) in [5.41, 5.74) is -0.389. The van der Waals surface area contributed by atoms with E-state index in [9.17, 15) is 9.90 Å². The largest absolute Gasteiger partial charge is 0.388 e. The summed E-state index contributed by atoms with van der Waals surface area (Å²) in [4.78, 5) is 11.4. The highest BCUT2D eigenvalue weighted by Gasteiger charge is 2.47. The Morgan fingerprint density at radius 1 is 1.45 bits per heavy atom. The standard InChI is InChI=1S/C9H12O2/c10-7-3-4-8(11)9(7)5-1-2-6-9/h3-4,7,10H,1-2,5-6H2. The van der Waals surface area contributed by atoms with Gasteiger partial charge in [-0.05, 0) is 18.9 Å². The third-order valence-electron chi connectivity index (χ3n) is 2.98. The predicted molar refractivity (Wildman–Crippen MR) is 41.1 cm³/mol. The van der Waals surface area contributed by atoms with Crippen LogP contribution in [0.5, 0.6) is 0 Å². The van der Waals surface area contributed by atoms with Crippen LogP contribution in [0.1, 0.15) is 25.7 Å². The maximum atomic E-state index is 11.4. The zero-order valence-electron chi connectivity index (χ0n) is 6.42. The van der Waals surface area contributed by atoms with E-state index >= 15 is 0 Å². The highest BCUT2D eigenvalue weighted by molar-refractivity contribution is 5.98. The van der Waals surface area contributed by atoms with Crippen molar-refractivity contribution >= 4 is 5.78 Å². The van der Waals surface area contributed by atoms with Crippen molar-refractivity contribution in [1.29, 1.82) is 0 Å². The molecule has 1 N–H and O–H groups in total. The molecule has 0 aromatic heterocycles. The zero-order valence-corrected chi connectivity index (χ0v) is 6.42. The van der Waals surface area contributed by atoms with E-state index in [1.165, 1.54) is 6.08 Å². The lowest BCUT2D eigenvalue weighted by atomic mass is 9.81. The molecular weight excluding hydrogens is 140 g/mol. The summed E-state index contributed by atoms with van der Waals surface area (Å²) in [5, 5.41) is 9.54. The molecule has 60 valence electrons. The summed E-state index contributed by atoms with van der Waals surface area (Å²) < 4.78 is 0. The first-order valence-corrected chi connectivity index (χ1v) is 4.16. The second-order valence-corrected chi connectivity index (χ2v) is 3.53. The first-order chi connectivity index (χ1) is 5.26. The van der Waals surface area contributed by atoms with E-state index in [1.54, 1.807) is 6.08 Å². The predicted octanol–water partition coefficient (Wildman–Crippen LogP) is 1.05. The lowest BCUT2D eigenvalue weighted by molar-refractivity contribution is -0.126. The lowest BCUT2D eigenvalue weighted by Gasteiger charge is -2.24. The van der Waals surface area contributed by atoms with Crippen molar-refractivity contribution in [2.24, 2.45) is 5.41 Å². The fourth-order valence-electron chi connectivity index (χ4n) is 2.22. The molecule has 1 saturated carbocycles. The minimum absolute atomic E-state index is 0.141. The van der Waals surface area contributed by atoms with Gasteiger partial charge in [0.1, 0.15) is 0 Å². The average molecular weight is 152 g/mol. The molecule has 2 aliphatic carbocycles. The van der Waals surface area contributed by atoms with Crippen molar-refractivity contribution in [2.45, 2.75) is 31.8 Å². The van der Waals surface area contributed by atoms with Crippen LogP contribution in [0.2, 0.25) is 0 Å². The number of hydrogen-bond acceptors (Lipinski definition) is 2. The van der Waals surface area contributed by atoms with Crippen molar-refractivity contribution in [3.8, 4) is 0 Å². The van der Waals surface area contributed by atoms with Gasteiger partial charge in [-0.2, -0.15) is 0 Å². The van der Waals surface area contributed by atoms with Crippen molar-refractivity contribution < 1.29 is 9.90 Å². The van der Waals surface area contributed by atoms with Gasteiger partial charge in [-0.15, -0.1) is 0 Å². The van der Waals surface area contributed by atoms with Crippen LogP contribution in [0.4, 0.5) is 0 Å². The topological polar surface area (TPSA) is 37.3 Å². The van der Waals surface area contributed by atoms with E-state index in [0.29, 0.717) is 0 Å². The molecule has 1 fully saturated rings. The number of carbonyl (C=O) groups excluding carboxylic acids is 1. The molecule has 2 rings (SSSR count). The normalized spacial score (nSPS) is 33.9. The minimum atomic E-state index is -0.502. The van der Waals surface area contributed by atoms with Gasteiger partial charge in [-0.25, -0.2) is 0 Å². The van der Waals surface area contributed by atoms with Crippen molar-refractivity contribution in [2.75, 3.05) is 0 Å². The third-order valence-corrected chi connectivity index (χ3v) is 2.98. The quantitative estimate of drug-likeness (QED) is 0.563. The number of ketones is 1. The monoisotopic (exact) mass is 152 g/mol. The Hall–Kier alpha value is -0.630. The van der Waals surface area contributed by atoms with E-state index in [4.69, 9.17) is 0 Å². The fraction of sp³-hybridized carbons (Fsp3) is 0.667. The molecule has 0 aromatic rings. The first kappa shape index (κ1) is 7.04. The van der Waals surface area contributed by atoms with Gasteiger partial charge in [0.15, 0.2) is 5.78 Å². The number of carbonyl (C=O) groups is 1. The van der Waals surface area contributed by atoms with Gasteiger partial charge >= 0.3 is 0 Å². The van der Waals surface area contributed by atoms with Gasteiger partial charge in [0, 0.05) is 0 Å². The SMILES string of the molecule is O=C1C=CC(O)C12CCCC2. The van der Waals surface area contributed by atoms with Gasteiger partial charge < -0.3 is 5.11 Å². The second-order valence-electron chi connectivity index (χ2n) is 3.53. The van der Waals surface area contributed by atoms with Crippen LogP contribution in [-0.2, 0) is 4.79 Å². The Bertz CT molecular complexity index is 212. The smallest absolute Gasteiger partial charge is 0.164 e. The summed E-state index contributed by atoms with van der Waals surface area (Å²) in [6.45, 7) is 0. The minimum Gasteiger partial charge on any atom is -0.388 e. The van der Waals surface area contributed by atoms with Crippen LogP contribution in [-0.4, -0.2) is 17.0 Å². The Labute approximate surface area is 65.9 Å². The van der Waals surface area contributed by atoms with E-state index in [1.807, 2.05) is 0 Å². The maximum Gasteiger partial charge on any atom is 0.164 e. The van der Waals surface area contributed by atoms with E-state index in [-0.39, 0.29) is 11.2 Å². The zero-order chi connectivity index (χ0) is 7.90. The Morgan fingerprint density at radius 3 is 2.55 bits per heavy atom. The molecule has 2 nitrogen and oxygen atoms in total. The molecule has 0 heterocycles. The van der Waals surface area contributed by atoms with Gasteiger partial charge in [-0.1, -0.05) is 18.9 Å². The third kappa shape index (κ3) is 0.791. The van der Waals surface area contributed by atoms with Gasteiger partial charge in [-0.3, -0.25) is 4.79 Å². The Balaban J connectivity index is 2.30. The molecule has 2 heteroatoms. The molecule has 0 radical (unpaired) electrons. The van der Waals surface area contributed by atoms with Gasteiger partial charge in [0.05, 0.1) is 11.5 Å². The first-order valence-electron chi connectivity index (χ1n) is 4.16. The molecule has 2 aliphatic rings. The number of hydrogen-bond donors (Lipinski definition) is 1. The summed E-state index contributed by atoms with van der Waals surface area (Å²) in [6.07, 6.45) is 6.59. The summed E-state index contributed by atoms with van der Waals surface area (Å²) in [5.74, 6) is 0.141. The van der Waals surface area contributed by atoms with Crippen LogP contribution >= 0.6 is 0 Å². The second kappa shape index (κ2) is 2.18. The van der Waals surface area contributed by atoms with Crippen LogP contribution in [0.15, 0.2) is 12.2 Å². The van der Waals surface area contributed by atoms with Crippen LogP contribution in [0, 0.1) is 5.41 Å². The van der Waals surface area contributed by atoms with E-state index in [2.05, 4.69) is 0 Å². The summed E-state index contributed by atoms with van der Waals surface area (Å²) in [7, 11) is 0. The maximum absolute atomic E-state index is 11.4. The lowest BCUT2D eigenvalue weighted by Crippen LogP contribution is -2.33. The van der Waals surface area contributed by atoms with Crippen molar-refractivity contribution in [3.05, 3.63) is 12.2 Å². The highest BCUT2D eigenvalue weighted by Crippen LogP contribution is 2.45. The molecule has 0 saturated heterocycles. The van der Waals surface area contributed by atoms with Gasteiger partial charge in [0.25, 0.3) is 0 Å². The summed E-state index contributed by atoms with van der Waals surface area (Å²) in [6, 6.07) is 0. The molecule has 0 bridgehead atoms. The Kier molecular flexibility index (Phi) is 1.39. The van der Waals surface area contributed by atoms with E-state index in [0.717, 1.165) is 25.7 Å². The van der Waals surface area contributed by atoms with Crippen LogP contribution in [0.25, 0.3) is 0 Å². The van der Waals surface area contributed by atoms with Crippen molar-refractivity contribution in [1.82, 2.24) is 0 Å².